The minimum Gasteiger partial charge on any atom is -0.355 e. The Labute approximate surface area is 122 Å². The third-order valence-electron chi connectivity index (χ3n) is 4.81. The summed E-state index contributed by atoms with van der Waals surface area (Å²) in [5.41, 5.74) is 5.96. The highest BCUT2D eigenvalue weighted by atomic mass is 16.2. The standard InChI is InChI=1S/C15H29N3O2/c1-5-8-17-13(19)9-18-14(20)11-6-7-12(16)10(2)15(11,3)4/h10-12H,5-9,16H2,1-4H3,(H,17,19)(H,18,20). The smallest absolute Gasteiger partial charge is 0.239 e. The lowest BCUT2D eigenvalue weighted by molar-refractivity contribution is -0.134. The van der Waals surface area contributed by atoms with E-state index in [2.05, 4.69) is 31.4 Å². The van der Waals surface area contributed by atoms with Crippen molar-refractivity contribution in [3.05, 3.63) is 0 Å². The molecule has 1 aliphatic carbocycles. The zero-order valence-electron chi connectivity index (χ0n) is 13.2. The summed E-state index contributed by atoms with van der Waals surface area (Å²) in [5.74, 6) is 0.0659. The van der Waals surface area contributed by atoms with Crippen molar-refractivity contribution >= 4 is 11.8 Å². The van der Waals surface area contributed by atoms with E-state index in [9.17, 15) is 9.59 Å². The molecule has 0 heterocycles. The maximum Gasteiger partial charge on any atom is 0.239 e. The van der Waals surface area contributed by atoms with E-state index in [0.717, 1.165) is 19.3 Å². The number of carbonyl (C=O) groups excluding carboxylic acids is 2. The molecule has 5 heteroatoms. The molecular weight excluding hydrogens is 254 g/mol. The van der Waals surface area contributed by atoms with Crippen LogP contribution in [0.2, 0.25) is 0 Å². The van der Waals surface area contributed by atoms with Gasteiger partial charge < -0.3 is 16.4 Å². The van der Waals surface area contributed by atoms with E-state index in [1.54, 1.807) is 0 Å². The third-order valence-corrected chi connectivity index (χ3v) is 4.81. The summed E-state index contributed by atoms with van der Waals surface area (Å²) in [6.07, 6.45) is 2.55. The monoisotopic (exact) mass is 283 g/mol. The van der Waals surface area contributed by atoms with Gasteiger partial charge in [0.1, 0.15) is 0 Å². The van der Waals surface area contributed by atoms with Gasteiger partial charge >= 0.3 is 0 Å². The lowest BCUT2D eigenvalue weighted by Crippen LogP contribution is -2.52. The Bertz CT molecular complexity index is 355. The Morgan fingerprint density at radius 1 is 1.25 bits per heavy atom. The van der Waals surface area contributed by atoms with E-state index in [-0.39, 0.29) is 35.7 Å². The molecule has 2 amide bonds. The molecule has 1 rings (SSSR count). The minimum absolute atomic E-state index is 0.0274. The Kier molecular flexibility index (Phi) is 5.99. The first kappa shape index (κ1) is 17.0. The molecule has 3 unspecified atom stereocenters. The maximum absolute atomic E-state index is 12.3. The van der Waals surface area contributed by atoms with Crippen molar-refractivity contribution in [2.45, 2.75) is 53.0 Å². The summed E-state index contributed by atoms with van der Waals surface area (Å²) in [4.78, 5) is 23.8. The van der Waals surface area contributed by atoms with E-state index in [4.69, 9.17) is 5.73 Å². The van der Waals surface area contributed by atoms with Crippen molar-refractivity contribution in [3.63, 3.8) is 0 Å². The van der Waals surface area contributed by atoms with Crippen LogP contribution >= 0.6 is 0 Å². The fourth-order valence-electron chi connectivity index (χ4n) is 2.94. The predicted octanol–water partition coefficient (Wildman–Crippen LogP) is 1.03. The number of nitrogens with one attached hydrogen (secondary N) is 2. The Balaban J connectivity index is 2.52. The molecule has 5 nitrogen and oxygen atoms in total. The molecule has 0 radical (unpaired) electrons. The van der Waals surface area contributed by atoms with Crippen LogP contribution in [-0.4, -0.2) is 30.9 Å². The molecule has 20 heavy (non-hydrogen) atoms. The van der Waals surface area contributed by atoms with Gasteiger partial charge in [0.2, 0.25) is 11.8 Å². The molecular formula is C15H29N3O2. The van der Waals surface area contributed by atoms with Crippen LogP contribution in [0.15, 0.2) is 0 Å². The summed E-state index contributed by atoms with van der Waals surface area (Å²) in [6, 6.07) is 0.155. The summed E-state index contributed by atoms with van der Waals surface area (Å²) in [7, 11) is 0. The van der Waals surface area contributed by atoms with Gasteiger partial charge in [-0.1, -0.05) is 27.7 Å². The van der Waals surface area contributed by atoms with Crippen LogP contribution in [0.5, 0.6) is 0 Å². The largest absolute Gasteiger partial charge is 0.355 e. The highest BCUT2D eigenvalue weighted by Crippen LogP contribution is 2.44. The van der Waals surface area contributed by atoms with Gasteiger partial charge in [0, 0.05) is 18.5 Å². The van der Waals surface area contributed by atoms with Crippen LogP contribution in [0.25, 0.3) is 0 Å². The minimum atomic E-state index is -0.137. The van der Waals surface area contributed by atoms with Crippen molar-refractivity contribution in [3.8, 4) is 0 Å². The van der Waals surface area contributed by atoms with Crippen molar-refractivity contribution in [2.24, 2.45) is 23.0 Å². The van der Waals surface area contributed by atoms with Gasteiger partial charge in [0.15, 0.2) is 0 Å². The first-order valence-electron chi connectivity index (χ1n) is 7.60. The Morgan fingerprint density at radius 3 is 2.50 bits per heavy atom. The quantitative estimate of drug-likeness (QED) is 0.704. The molecule has 0 aromatic heterocycles. The third kappa shape index (κ3) is 3.95. The van der Waals surface area contributed by atoms with Crippen molar-refractivity contribution in [2.75, 3.05) is 13.1 Å². The van der Waals surface area contributed by atoms with Gasteiger partial charge in [-0.05, 0) is 30.6 Å². The van der Waals surface area contributed by atoms with Gasteiger partial charge in [-0.3, -0.25) is 9.59 Å². The van der Waals surface area contributed by atoms with Gasteiger partial charge in [-0.25, -0.2) is 0 Å². The summed E-state index contributed by atoms with van der Waals surface area (Å²) in [5, 5.41) is 5.51. The number of amides is 2. The van der Waals surface area contributed by atoms with E-state index in [1.807, 2.05) is 6.92 Å². The lowest BCUT2D eigenvalue weighted by Gasteiger charge is -2.46. The normalized spacial score (nSPS) is 28.8. The predicted molar refractivity (Wildman–Crippen MR) is 80.0 cm³/mol. The van der Waals surface area contributed by atoms with Gasteiger partial charge in [0.25, 0.3) is 0 Å². The number of carbonyl (C=O) groups is 2. The summed E-state index contributed by atoms with van der Waals surface area (Å²) < 4.78 is 0. The van der Waals surface area contributed by atoms with Gasteiger partial charge in [-0.15, -0.1) is 0 Å². The van der Waals surface area contributed by atoms with Crippen LogP contribution in [-0.2, 0) is 9.59 Å². The van der Waals surface area contributed by atoms with Crippen molar-refractivity contribution in [1.82, 2.24) is 10.6 Å². The van der Waals surface area contributed by atoms with Crippen LogP contribution in [0.4, 0.5) is 0 Å². The first-order valence-corrected chi connectivity index (χ1v) is 7.60. The number of hydrogen-bond donors (Lipinski definition) is 3. The molecule has 3 atom stereocenters. The zero-order valence-corrected chi connectivity index (χ0v) is 13.2. The van der Waals surface area contributed by atoms with Gasteiger partial charge in [0.05, 0.1) is 6.54 Å². The highest BCUT2D eigenvalue weighted by Gasteiger charge is 2.44. The Hall–Kier alpha value is -1.10. The van der Waals surface area contributed by atoms with Crippen molar-refractivity contribution < 1.29 is 9.59 Å². The zero-order chi connectivity index (χ0) is 15.3. The van der Waals surface area contributed by atoms with Gasteiger partial charge in [-0.2, -0.15) is 0 Å². The maximum atomic E-state index is 12.3. The van der Waals surface area contributed by atoms with Crippen LogP contribution in [0, 0.1) is 17.3 Å². The summed E-state index contributed by atoms with van der Waals surface area (Å²) in [6.45, 7) is 9.00. The number of rotatable bonds is 5. The first-order chi connectivity index (χ1) is 9.30. The lowest BCUT2D eigenvalue weighted by atomic mass is 9.61. The van der Waals surface area contributed by atoms with Crippen LogP contribution in [0.3, 0.4) is 0 Å². The molecule has 0 bridgehead atoms. The molecule has 0 spiro atoms. The molecule has 1 saturated carbocycles. The number of hydrogen-bond acceptors (Lipinski definition) is 3. The SMILES string of the molecule is CCCNC(=O)CNC(=O)C1CCC(N)C(C)C1(C)C. The fraction of sp³-hybridized carbons (Fsp3) is 0.867. The Morgan fingerprint density at radius 2 is 1.90 bits per heavy atom. The van der Waals surface area contributed by atoms with E-state index in [0.29, 0.717) is 12.5 Å². The second kappa shape index (κ2) is 7.07. The topological polar surface area (TPSA) is 84.2 Å². The van der Waals surface area contributed by atoms with Crippen molar-refractivity contribution in [1.29, 1.82) is 0 Å². The van der Waals surface area contributed by atoms with Crippen LogP contribution in [0.1, 0.15) is 47.0 Å². The van der Waals surface area contributed by atoms with E-state index >= 15 is 0 Å². The highest BCUT2D eigenvalue weighted by molar-refractivity contribution is 5.86. The molecule has 0 aromatic rings. The molecule has 1 fully saturated rings. The molecule has 1 aliphatic rings. The molecule has 116 valence electrons. The van der Waals surface area contributed by atoms with E-state index in [1.165, 1.54) is 0 Å². The second-order valence-electron chi connectivity index (χ2n) is 6.47. The molecule has 0 saturated heterocycles. The molecule has 0 aliphatic heterocycles. The summed E-state index contributed by atoms with van der Waals surface area (Å²) >= 11 is 0. The average Bonchev–Trinajstić information content (AvgIpc) is 2.40. The second-order valence-corrected chi connectivity index (χ2v) is 6.47. The molecule has 4 N–H and O–H groups in total. The van der Waals surface area contributed by atoms with Crippen LogP contribution < -0.4 is 16.4 Å². The number of nitrogens with two attached hydrogens (primary N) is 1. The molecule has 0 aromatic carbocycles. The fourth-order valence-corrected chi connectivity index (χ4v) is 2.94. The van der Waals surface area contributed by atoms with E-state index < -0.39 is 0 Å². The average molecular weight is 283 g/mol.